The monoisotopic (exact) mass is 441 g/mol. The zero-order valence-electron chi connectivity index (χ0n) is 15.5. The van der Waals surface area contributed by atoms with Crippen molar-refractivity contribution < 1.29 is 28.6 Å². The fraction of sp³-hybridized carbons (Fsp3) is 0.500. The number of alkyl halides is 1. The Labute approximate surface area is 176 Å². The maximum atomic E-state index is 12.5. The van der Waals surface area contributed by atoms with Crippen LogP contribution in [0.2, 0.25) is 0 Å². The average Bonchev–Trinajstić information content (AvgIpc) is 3.29. The molecule has 4 rings (SSSR count). The lowest BCUT2D eigenvalue weighted by Crippen LogP contribution is -2.48. The predicted octanol–water partition coefficient (Wildman–Crippen LogP) is 1.82. The SMILES string of the molecule is O=C(CSCCCl)NC[C@@H]1OC(=O)N2c3ccc(N4CCOC4=O)cc3OC[C@@H]12. The molecule has 0 radical (unpaired) electrons. The van der Waals surface area contributed by atoms with Crippen molar-refractivity contribution in [1.29, 1.82) is 0 Å². The van der Waals surface area contributed by atoms with Gasteiger partial charge in [-0.2, -0.15) is 11.8 Å². The third-order valence-electron chi connectivity index (χ3n) is 4.85. The van der Waals surface area contributed by atoms with Crippen LogP contribution in [0.5, 0.6) is 5.75 Å². The van der Waals surface area contributed by atoms with Crippen LogP contribution in [0.1, 0.15) is 0 Å². The van der Waals surface area contributed by atoms with Crippen molar-refractivity contribution in [3.05, 3.63) is 18.2 Å². The molecule has 0 bridgehead atoms. The third-order valence-corrected chi connectivity index (χ3v) is 6.22. The van der Waals surface area contributed by atoms with Crippen LogP contribution in [0.4, 0.5) is 21.0 Å². The Kier molecular flexibility index (Phi) is 5.91. The number of hydrogen-bond donors (Lipinski definition) is 1. The first-order valence-corrected chi connectivity index (χ1v) is 10.9. The Morgan fingerprint density at radius 1 is 1.28 bits per heavy atom. The van der Waals surface area contributed by atoms with Gasteiger partial charge in [-0.1, -0.05) is 0 Å². The van der Waals surface area contributed by atoms with Gasteiger partial charge in [0.05, 0.1) is 30.2 Å². The van der Waals surface area contributed by atoms with E-state index in [1.54, 1.807) is 23.1 Å². The standard InChI is InChI=1S/C18H20ClN3O6S/c19-3-6-29-10-16(23)20-8-15-13-9-27-14-7-11(21-4-5-26-17(21)24)1-2-12(14)22(13)18(25)28-15/h1-2,7,13,15H,3-6,8-10H2,(H,20,23)/t13-,15-/m0/s1. The zero-order valence-corrected chi connectivity index (χ0v) is 17.0. The van der Waals surface area contributed by atoms with Crippen molar-refractivity contribution in [2.45, 2.75) is 12.1 Å². The van der Waals surface area contributed by atoms with Crippen LogP contribution in [0, 0.1) is 0 Å². The number of nitrogens with zero attached hydrogens (tertiary/aromatic N) is 2. The Bertz CT molecular complexity index is 825. The van der Waals surface area contributed by atoms with Crippen LogP contribution in [0.15, 0.2) is 18.2 Å². The quantitative estimate of drug-likeness (QED) is 0.509. The molecule has 0 saturated carbocycles. The predicted molar refractivity (Wildman–Crippen MR) is 108 cm³/mol. The van der Waals surface area contributed by atoms with Gasteiger partial charge in [-0.05, 0) is 12.1 Å². The highest BCUT2D eigenvalue weighted by molar-refractivity contribution is 8.00. The van der Waals surface area contributed by atoms with E-state index >= 15 is 0 Å². The molecular formula is C18H20ClN3O6S. The van der Waals surface area contributed by atoms with E-state index in [1.807, 2.05) is 0 Å². The van der Waals surface area contributed by atoms with Crippen LogP contribution < -0.4 is 19.9 Å². The van der Waals surface area contributed by atoms with E-state index in [4.69, 9.17) is 25.8 Å². The molecule has 29 heavy (non-hydrogen) atoms. The number of cyclic esters (lactones) is 2. The molecule has 2 saturated heterocycles. The lowest BCUT2D eigenvalue weighted by molar-refractivity contribution is -0.119. The highest BCUT2D eigenvalue weighted by atomic mass is 35.5. The van der Waals surface area contributed by atoms with Gasteiger partial charge in [0.25, 0.3) is 0 Å². The summed E-state index contributed by atoms with van der Waals surface area (Å²) in [5.41, 5.74) is 1.23. The fourth-order valence-corrected chi connectivity index (χ4v) is 4.34. The number of halogens is 1. The van der Waals surface area contributed by atoms with Gasteiger partial charge in [0.1, 0.15) is 31.1 Å². The number of ether oxygens (including phenoxy) is 3. The number of nitrogens with one attached hydrogen (secondary N) is 1. The van der Waals surface area contributed by atoms with E-state index in [-0.39, 0.29) is 25.1 Å². The van der Waals surface area contributed by atoms with Gasteiger partial charge < -0.3 is 19.5 Å². The largest absolute Gasteiger partial charge is 0.489 e. The number of carbonyl (C=O) groups excluding carboxylic acids is 3. The average molecular weight is 442 g/mol. The van der Waals surface area contributed by atoms with Gasteiger partial charge in [0.15, 0.2) is 0 Å². The summed E-state index contributed by atoms with van der Waals surface area (Å²) in [4.78, 5) is 39.2. The summed E-state index contributed by atoms with van der Waals surface area (Å²) in [5.74, 6) is 1.87. The smallest absolute Gasteiger partial charge is 0.415 e. The molecule has 3 aliphatic heterocycles. The van der Waals surface area contributed by atoms with Crippen molar-refractivity contribution in [3.63, 3.8) is 0 Å². The Balaban J connectivity index is 1.42. The van der Waals surface area contributed by atoms with Crippen LogP contribution in [0.3, 0.4) is 0 Å². The molecule has 0 unspecified atom stereocenters. The summed E-state index contributed by atoms with van der Waals surface area (Å²) in [6.07, 6.45) is -1.39. The number of carbonyl (C=O) groups is 3. The highest BCUT2D eigenvalue weighted by Crippen LogP contribution is 2.41. The lowest BCUT2D eigenvalue weighted by Gasteiger charge is -2.31. The molecule has 1 N–H and O–H groups in total. The van der Waals surface area contributed by atoms with Gasteiger partial charge in [0.2, 0.25) is 5.91 Å². The molecule has 3 aliphatic rings. The first-order valence-electron chi connectivity index (χ1n) is 9.20. The normalized spacial score (nSPS) is 22.5. The van der Waals surface area contributed by atoms with E-state index in [0.29, 0.717) is 47.7 Å². The van der Waals surface area contributed by atoms with Gasteiger partial charge in [-0.3, -0.25) is 14.6 Å². The van der Waals surface area contributed by atoms with Crippen LogP contribution in [0.25, 0.3) is 0 Å². The molecule has 9 nitrogen and oxygen atoms in total. The number of thioether (sulfide) groups is 1. The van der Waals surface area contributed by atoms with E-state index < -0.39 is 18.3 Å². The van der Waals surface area contributed by atoms with Crippen LogP contribution in [-0.2, 0) is 14.3 Å². The van der Waals surface area contributed by atoms with Crippen molar-refractivity contribution in [2.24, 2.45) is 0 Å². The number of rotatable bonds is 7. The minimum absolute atomic E-state index is 0.131. The number of amides is 3. The first kappa shape index (κ1) is 20.0. The molecule has 11 heteroatoms. The number of anilines is 2. The second-order valence-corrected chi connectivity index (χ2v) is 8.12. The van der Waals surface area contributed by atoms with Gasteiger partial charge >= 0.3 is 12.2 Å². The zero-order chi connectivity index (χ0) is 20.4. The van der Waals surface area contributed by atoms with E-state index in [9.17, 15) is 14.4 Å². The van der Waals surface area contributed by atoms with Crippen molar-refractivity contribution in [1.82, 2.24) is 5.32 Å². The van der Waals surface area contributed by atoms with Crippen molar-refractivity contribution in [3.8, 4) is 5.75 Å². The molecule has 2 atom stereocenters. The van der Waals surface area contributed by atoms with Crippen LogP contribution >= 0.6 is 23.4 Å². The van der Waals surface area contributed by atoms with Gasteiger partial charge in [-0.25, -0.2) is 9.59 Å². The van der Waals surface area contributed by atoms with Gasteiger partial charge in [0, 0.05) is 17.7 Å². The Morgan fingerprint density at radius 2 is 2.14 bits per heavy atom. The second-order valence-electron chi connectivity index (χ2n) is 6.63. The van der Waals surface area contributed by atoms with Crippen molar-refractivity contribution in [2.75, 3.05) is 53.5 Å². The molecule has 156 valence electrons. The number of benzene rings is 1. The highest BCUT2D eigenvalue weighted by Gasteiger charge is 2.46. The van der Waals surface area contributed by atoms with Gasteiger partial charge in [-0.15, -0.1) is 11.6 Å². The summed E-state index contributed by atoms with van der Waals surface area (Å²) in [6.45, 7) is 1.25. The summed E-state index contributed by atoms with van der Waals surface area (Å²) < 4.78 is 16.3. The maximum absolute atomic E-state index is 12.5. The Morgan fingerprint density at radius 3 is 2.90 bits per heavy atom. The molecule has 0 spiro atoms. The first-order chi connectivity index (χ1) is 14.1. The molecule has 1 aromatic rings. The Hall–Kier alpha value is -2.33. The molecule has 0 aromatic heterocycles. The third kappa shape index (κ3) is 4.04. The van der Waals surface area contributed by atoms with Crippen LogP contribution in [-0.4, -0.2) is 73.9 Å². The number of hydrogen-bond acceptors (Lipinski definition) is 7. The maximum Gasteiger partial charge on any atom is 0.415 e. The van der Waals surface area contributed by atoms with Crippen molar-refractivity contribution >= 4 is 52.8 Å². The summed E-state index contributed by atoms with van der Waals surface area (Å²) in [5, 5.41) is 2.79. The molecule has 3 amide bonds. The molecule has 2 fully saturated rings. The summed E-state index contributed by atoms with van der Waals surface area (Å²) >= 11 is 7.04. The molecule has 0 aliphatic carbocycles. The fourth-order valence-electron chi connectivity index (χ4n) is 3.48. The number of fused-ring (bicyclic) bond motifs is 3. The van der Waals surface area contributed by atoms with E-state index in [1.165, 1.54) is 16.7 Å². The minimum Gasteiger partial charge on any atom is -0.489 e. The summed E-state index contributed by atoms with van der Waals surface area (Å²) in [6, 6.07) is 4.85. The lowest BCUT2D eigenvalue weighted by atomic mass is 10.1. The van der Waals surface area contributed by atoms with E-state index in [0.717, 1.165) is 0 Å². The summed E-state index contributed by atoms with van der Waals surface area (Å²) in [7, 11) is 0. The molecule has 1 aromatic carbocycles. The minimum atomic E-state index is -0.508. The molecule has 3 heterocycles. The second kappa shape index (κ2) is 8.58. The topological polar surface area (TPSA) is 97.4 Å². The van der Waals surface area contributed by atoms with E-state index in [2.05, 4.69) is 5.32 Å². The molecular weight excluding hydrogens is 422 g/mol.